The minimum Gasteiger partial charge on any atom is -0.354 e. The number of amides is 2. The monoisotopic (exact) mass is 625 g/mol. The van der Waals surface area contributed by atoms with Crippen LogP contribution in [0.2, 0.25) is 0 Å². The molecule has 1 atom stereocenters. The number of hydrogen-bond acceptors (Lipinski definition) is 4. The molecule has 0 saturated heterocycles. The van der Waals surface area contributed by atoms with Gasteiger partial charge in [-0.05, 0) is 66.3 Å². The van der Waals surface area contributed by atoms with E-state index in [0.29, 0.717) is 12.2 Å². The summed E-state index contributed by atoms with van der Waals surface area (Å²) in [7, 11) is -4.12. The Morgan fingerprint density at radius 3 is 2.02 bits per heavy atom. The van der Waals surface area contributed by atoms with Gasteiger partial charge in [-0.1, -0.05) is 105 Å². The third-order valence-corrected chi connectivity index (χ3v) is 9.73. The summed E-state index contributed by atoms with van der Waals surface area (Å²) in [6.45, 7) is 6.22. The molecule has 0 aliphatic carbocycles. The molecular weight excluding hydrogens is 582 g/mol. The molecule has 0 fully saturated rings. The quantitative estimate of drug-likeness (QED) is 0.157. The number of anilines is 1. The number of carbonyl (C=O) groups excluding carboxylic acids is 2. The molecule has 4 aromatic carbocycles. The van der Waals surface area contributed by atoms with Gasteiger partial charge in [0.05, 0.1) is 10.6 Å². The fourth-order valence-electron chi connectivity index (χ4n) is 5.18. The van der Waals surface area contributed by atoms with Crippen LogP contribution >= 0.6 is 0 Å². The van der Waals surface area contributed by atoms with E-state index in [1.807, 2.05) is 80.6 Å². The summed E-state index contributed by atoms with van der Waals surface area (Å²) < 4.78 is 29.4. The van der Waals surface area contributed by atoms with E-state index >= 15 is 0 Å². The molecule has 4 rings (SSSR count). The average molecular weight is 626 g/mol. The molecule has 4 aromatic rings. The Bertz CT molecular complexity index is 1640. The number of sulfonamides is 1. The summed E-state index contributed by atoms with van der Waals surface area (Å²) in [5.41, 5.74) is 4.20. The Morgan fingerprint density at radius 1 is 0.778 bits per heavy atom. The van der Waals surface area contributed by atoms with E-state index in [4.69, 9.17) is 0 Å². The van der Waals surface area contributed by atoms with Crippen molar-refractivity contribution in [3.63, 3.8) is 0 Å². The van der Waals surface area contributed by atoms with E-state index in [-0.39, 0.29) is 23.8 Å². The van der Waals surface area contributed by atoms with Crippen LogP contribution in [-0.4, -0.2) is 44.3 Å². The first kappa shape index (κ1) is 33.5. The second kappa shape index (κ2) is 16.0. The maximum atomic E-state index is 14.5. The lowest BCUT2D eigenvalue weighted by Gasteiger charge is -2.34. The van der Waals surface area contributed by atoms with Crippen LogP contribution < -0.4 is 9.62 Å². The Balaban J connectivity index is 1.79. The molecule has 7 nitrogen and oxygen atoms in total. The normalized spacial score (nSPS) is 11.9. The van der Waals surface area contributed by atoms with Crippen LogP contribution in [-0.2, 0) is 39.0 Å². The van der Waals surface area contributed by atoms with Gasteiger partial charge in [0.25, 0.3) is 10.0 Å². The zero-order valence-electron chi connectivity index (χ0n) is 26.4. The third-order valence-electron chi connectivity index (χ3n) is 7.95. The highest BCUT2D eigenvalue weighted by molar-refractivity contribution is 7.92. The molecule has 45 heavy (non-hydrogen) atoms. The van der Waals surface area contributed by atoms with Gasteiger partial charge in [-0.2, -0.15) is 0 Å². The van der Waals surface area contributed by atoms with Crippen molar-refractivity contribution in [3.05, 3.63) is 131 Å². The average Bonchev–Trinajstić information content (AvgIpc) is 3.07. The van der Waals surface area contributed by atoms with Crippen molar-refractivity contribution in [3.8, 4) is 0 Å². The predicted octanol–water partition coefficient (Wildman–Crippen LogP) is 6.31. The molecule has 0 spiro atoms. The highest BCUT2D eigenvalue weighted by atomic mass is 32.2. The summed E-state index contributed by atoms with van der Waals surface area (Å²) >= 11 is 0. The Labute approximate surface area is 268 Å². The van der Waals surface area contributed by atoms with Gasteiger partial charge in [0.1, 0.15) is 12.6 Å². The highest BCUT2D eigenvalue weighted by Gasteiger charge is 2.34. The number of rotatable bonds is 15. The Morgan fingerprint density at radius 2 is 1.40 bits per heavy atom. The van der Waals surface area contributed by atoms with Gasteiger partial charge in [-0.3, -0.25) is 13.9 Å². The smallest absolute Gasteiger partial charge is 0.264 e. The van der Waals surface area contributed by atoms with E-state index in [1.54, 1.807) is 35.2 Å². The molecule has 0 aromatic heterocycles. The molecule has 0 radical (unpaired) electrons. The van der Waals surface area contributed by atoms with Crippen molar-refractivity contribution < 1.29 is 18.0 Å². The lowest BCUT2D eigenvalue weighted by atomic mass is 10.0. The second-order valence-corrected chi connectivity index (χ2v) is 13.0. The number of nitrogens with zero attached hydrogens (tertiary/aromatic N) is 2. The van der Waals surface area contributed by atoms with Crippen molar-refractivity contribution in [1.29, 1.82) is 0 Å². The van der Waals surface area contributed by atoms with Crippen molar-refractivity contribution in [2.75, 3.05) is 17.4 Å². The minimum atomic E-state index is -4.12. The number of benzene rings is 4. The predicted molar refractivity (Wildman–Crippen MR) is 180 cm³/mol. The molecule has 1 N–H and O–H groups in total. The zero-order chi connectivity index (χ0) is 32.2. The first-order valence-corrected chi connectivity index (χ1v) is 17.0. The van der Waals surface area contributed by atoms with Crippen LogP contribution in [0.4, 0.5) is 5.69 Å². The maximum Gasteiger partial charge on any atom is 0.264 e. The summed E-state index contributed by atoms with van der Waals surface area (Å²) in [6.07, 6.45) is 2.81. The molecule has 236 valence electrons. The molecule has 0 bridgehead atoms. The van der Waals surface area contributed by atoms with Gasteiger partial charge in [0.2, 0.25) is 11.8 Å². The summed E-state index contributed by atoms with van der Waals surface area (Å²) in [5.74, 6) is -0.733. The van der Waals surface area contributed by atoms with Gasteiger partial charge in [-0.25, -0.2) is 8.42 Å². The number of hydrogen-bond donors (Lipinski definition) is 1. The van der Waals surface area contributed by atoms with Gasteiger partial charge < -0.3 is 10.2 Å². The van der Waals surface area contributed by atoms with Crippen LogP contribution in [0, 0.1) is 6.92 Å². The first-order valence-electron chi connectivity index (χ1n) is 15.6. The van der Waals surface area contributed by atoms with Crippen molar-refractivity contribution >= 4 is 27.5 Å². The van der Waals surface area contributed by atoms with Crippen molar-refractivity contribution in [2.24, 2.45) is 0 Å². The minimum absolute atomic E-state index is 0.0842. The molecule has 8 heteroatoms. The topological polar surface area (TPSA) is 86.8 Å². The summed E-state index contributed by atoms with van der Waals surface area (Å²) in [6, 6.07) is 31.8. The number of unbranched alkanes of at least 4 members (excludes halogenated alkanes) is 1. The van der Waals surface area contributed by atoms with Crippen LogP contribution in [0.15, 0.2) is 114 Å². The third kappa shape index (κ3) is 8.82. The van der Waals surface area contributed by atoms with E-state index in [9.17, 15) is 18.0 Å². The van der Waals surface area contributed by atoms with Gasteiger partial charge >= 0.3 is 0 Å². The van der Waals surface area contributed by atoms with Gasteiger partial charge in [-0.15, -0.1) is 0 Å². The molecule has 0 aliphatic rings. The van der Waals surface area contributed by atoms with E-state index < -0.39 is 28.5 Å². The van der Waals surface area contributed by atoms with Crippen LogP contribution in [0.3, 0.4) is 0 Å². The summed E-state index contributed by atoms with van der Waals surface area (Å²) in [5, 5.41) is 3.03. The van der Waals surface area contributed by atoms with Crippen LogP contribution in [0.1, 0.15) is 48.9 Å². The van der Waals surface area contributed by atoms with E-state index in [0.717, 1.165) is 45.8 Å². The van der Waals surface area contributed by atoms with E-state index in [2.05, 4.69) is 12.2 Å². The largest absolute Gasteiger partial charge is 0.354 e. The lowest BCUT2D eigenvalue weighted by molar-refractivity contribution is -0.140. The lowest BCUT2D eigenvalue weighted by Crippen LogP contribution is -2.53. The molecular formula is C37H43N3O4S. The van der Waals surface area contributed by atoms with Crippen LogP contribution in [0.5, 0.6) is 0 Å². The maximum absolute atomic E-state index is 14.5. The number of carbonyl (C=O) groups is 2. The molecule has 2 amide bonds. The van der Waals surface area contributed by atoms with Crippen molar-refractivity contribution in [2.45, 2.75) is 63.9 Å². The first-order chi connectivity index (χ1) is 21.7. The fourth-order valence-corrected chi connectivity index (χ4v) is 6.61. The molecule has 0 heterocycles. The van der Waals surface area contributed by atoms with E-state index in [1.165, 1.54) is 12.1 Å². The highest BCUT2D eigenvalue weighted by Crippen LogP contribution is 2.26. The Kier molecular flexibility index (Phi) is 11.9. The SMILES string of the molecule is CCCCNC(=O)C(Cc1ccccc1)N(Cc1ccccc1C)C(=O)CN(c1ccc(CC)cc1)S(=O)(=O)c1ccccc1. The second-order valence-electron chi connectivity index (χ2n) is 11.1. The van der Waals surface area contributed by atoms with Gasteiger partial charge in [0.15, 0.2) is 0 Å². The molecule has 0 saturated carbocycles. The number of nitrogens with one attached hydrogen (secondary N) is 1. The molecule has 1 unspecified atom stereocenters. The molecule has 0 aliphatic heterocycles. The number of aryl methyl sites for hydroxylation is 2. The van der Waals surface area contributed by atoms with Gasteiger partial charge in [0, 0.05) is 19.5 Å². The van der Waals surface area contributed by atoms with Crippen LogP contribution in [0.25, 0.3) is 0 Å². The standard InChI is InChI=1S/C37H43N3O4S/c1-4-6-25-38-37(42)35(26-31-16-9-7-10-17-31)39(27-32-18-14-13-15-29(32)3)36(41)28-40(33-23-21-30(5-2)22-24-33)45(43,44)34-19-11-8-12-20-34/h7-24,35H,4-6,25-28H2,1-3H3,(H,38,42). The fraction of sp³-hybridized carbons (Fsp3) is 0.297. The van der Waals surface area contributed by atoms with Crippen molar-refractivity contribution in [1.82, 2.24) is 10.2 Å². The zero-order valence-corrected chi connectivity index (χ0v) is 27.2. The summed E-state index contributed by atoms with van der Waals surface area (Å²) in [4.78, 5) is 30.0. The Hall–Kier alpha value is -4.43.